The van der Waals surface area contributed by atoms with Crippen LogP contribution in [0.3, 0.4) is 0 Å². The van der Waals surface area contributed by atoms with Gasteiger partial charge in [0.1, 0.15) is 0 Å². The fourth-order valence-electron chi connectivity index (χ4n) is 3.77. The van der Waals surface area contributed by atoms with Gasteiger partial charge in [0.2, 0.25) is 0 Å². The predicted molar refractivity (Wildman–Crippen MR) is 102 cm³/mol. The molecule has 1 saturated carbocycles. The van der Waals surface area contributed by atoms with Gasteiger partial charge in [-0.15, -0.1) is 24.8 Å². The molecular formula is C18H27Cl2N3. The maximum absolute atomic E-state index is 3.49. The fraction of sp³-hybridized carbons (Fsp3) is 0.556. The van der Waals surface area contributed by atoms with Crippen LogP contribution in [0.5, 0.6) is 0 Å². The molecule has 2 heterocycles. The molecular weight excluding hydrogens is 329 g/mol. The Kier molecular flexibility index (Phi) is 6.38. The van der Waals surface area contributed by atoms with Crippen molar-refractivity contribution in [2.45, 2.75) is 25.3 Å². The van der Waals surface area contributed by atoms with Gasteiger partial charge in [-0.1, -0.05) is 31.0 Å². The second kappa shape index (κ2) is 7.89. The van der Waals surface area contributed by atoms with Crippen LogP contribution >= 0.6 is 24.8 Å². The third kappa shape index (κ3) is 3.85. The fourth-order valence-corrected chi connectivity index (χ4v) is 3.77. The Morgan fingerprint density at radius 2 is 1.83 bits per heavy atom. The summed E-state index contributed by atoms with van der Waals surface area (Å²) in [6.45, 7) is 4.62. The number of rotatable bonds is 4. The summed E-state index contributed by atoms with van der Waals surface area (Å²) in [4.78, 5) is 2.70. The Morgan fingerprint density at radius 3 is 2.52 bits per heavy atom. The monoisotopic (exact) mass is 355 g/mol. The summed E-state index contributed by atoms with van der Waals surface area (Å²) in [5.41, 5.74) is 2.91. The molecule has 1 saturated heterocycles. The molecule has 0 unspecified atom stereocenters. The van der Waals surface area contributed by atoms with Gasteiger partial charge in [0.25, 0.3) is 0 Å². The van der Waals surface area contributed by atoms with Gasteiger partial charge in [0.15, 0.2) is 0 Å². The normalized spacial score (nSPS) is 19.9. The highest BCUT2D eigenvalue weighted by Crippen LogP contribution is 2.42. The number of piperazine rings is 1. The molecule has 0 radical (unpaired) electrons. The Balaban J connectivity index is 0.000000960. The van der Waals surface area contributed by atoms with Crippen molar-refractivity contribution in [3.63, 3.8) is 0 Å². The number of nitrogens with one attached hydrogen (secondary N) is 1. The third-order valence-corrected chi connectivity index (χ3v) is 5.13. The highest BCUT2D eigenvalue weighted by Gasteiger charge is 2.31. The lowest BCUT2D eigenvalue weighted by Gasteiger charge is -2.35. The minimum absolute atomic E-state index is 0. The van der Waals surface area contributed by atoms with E-state index in [0.717, 1.165) is 19.0 Å². The van der Waals surface area contributed by atoms with Gasteiger partial charge in [-0.2, -0.15) is 0 Å². The van der Waals surface area contributed by atoms with Crippen molar-refractivity contribution in [2.75, 3.05) is 26.2 Å². The van der Waals surface area contributed by atoms with Gasteiger partial charge < -0.3 is 9.88 Å². The van der Waals surface area contributed by atoms with E-state index in [1.54, 1.807) is 5.56 Å². The largest absolute Gasteiger partial charge is 0.350 e. The van der Waals surface area contributed by atoms with E-state index in [2.05, 4.69) is 52.3 Å². The van der Waals surface area contributed by atoms with E-state index in [4.69, 9.17) is 0 Å². The van der Waals surface area contributed by atoms with Crippen LogP contribution in [-0.4, -0.2) is 35.6 Å². The minimum Gasteiger partial charge on any atom is -0.350 e. The number of fused-ring (bicyclic) bond motifs is 1. The van der Waals surface area contributed by atoms with Crippen LogP contribution in [0.2, 0.25) is 0 Å². The average molecular weight is 356 g/mol. The molecule has 1 aliphatic carbocycles. The zero-order valence-corrected chi connectivity index (χ0v) is 15.3. The zero-order chi connectivity index (χ0) is 14.2. The minimum atomic E-state index is 0. The SMILES string of the molecule is Cl.Cl.Cn1cc([C@@H](CC2CC2)N2CCNCC2)c2ccccc21. The second-order valence-corrected chi connectivity index (χ2v) is 6.69. The van der Waals surface area contributed by atoms with Gasteiger partial charge >= 0.3 is 0 Å². The van der Waals surface area contributed by atoms with Gasteiger partial charge in [0, 0.05) is 56.4 Å². The molecule has 2 fully saturated rings. The number of aryl methyl sites for hydroxylation is 1. The molecule has 0 bridgehead atoms. The molecule has 0 spiro atoms. The maximum Gasteiger partial charge on any atom is 0.0481 e. The maximum atomic E-state index is 3.49. The number of aromatic nitrogens is 1. The number of benzene rings is 1. The average Bonchev–Trinajstić information content (AvgIpc) is 3.30. The summed E-state index contributed by atoms with van der Waals surface area (Å²) < 4.78 is 2.30. The number of halogens is 2. The molecule has 4 rings (SSSR count). The molecule has 1 aromatic carbocycles. The van der Waals surface area contributed by atoms with E-state index in [1.807, 2.05) is 0 Å². The lowest BCUT2D eigenvalue weighted by Crippen LogP contribution is -2.45. The van der Waals surface area contributed by atoms with Crippen molar-refractivity contribution in [1.29, 1.82) is 0 Å². The Labute approximate surface area is 151 Å². The molecule has 1 aromatic heterocycles. The number of hydrogen-bond donors (Lipinski definition) is 1. The Morgan fingerprint density at radius 1 is 1.13 bits per heavy atom. The summed E-state index contributed by atoms with van der Waals surface area (Å²) in [7, 11) is 2.18. The van der Waals surface area contributed by atoms with E-state index < -0.39 is 0 Å². The van der Waals surface area contributed by atoms with Crippen molar-refractivity contribution >= 4 is 35.7 Å². The molecule has 1 aliphatic heterocycles. The molecule has 1 N–H and O–H groups in total. The van der Waals surface area contributed by atoms with Crippen LogP contribution in [-0.2, 0) is 7.05 Å². The first-order chi connectivity index (χ1) is 10.3. The topological polar surface area (TPSA) is 20.2 Å². The van der Waals surface area contributed by atoms with Gasteiger partial charge in [-0.05, 0) is 24.0 Å². The highest BCUT2D eigenvalue weighted by atomic mass is 35.5. The first-order valence-corrected chi connectivity index (χ1v) is 8.31. The van der Waals surface area contributed by atoms with Crippen LogP contribution in [0.4, 0.5) is 0 Å². The zero-order valence-electron chi connectivity index (χ0n) is 13.7. The standard InChI is InChI=1S/C18H25N3.2ClH/c1-20-13-16(15-4-2-3-5-17(15)20)18(12-14-6-7-14)21-10-8-19-9-11-21;;/h2-5,13-14,18-19H,6-12H2,1H3;2*1H/t18-;;/m1../s1. The molecule has 23 heavy (non-hydrogen) atoms. The quantitative estimate of drug-likeness (QED) is 0.900. The number of para-hydroxylation sites is 1. The first-order valence-electron chi connectivity index (χ1n) is 8.31. The summed E-state index contributed by atoms with van der Waals surface area (Å²) >= 11 is 0. The highest BCUT2D eigenvalue weighted by molar-refractivity contribution is 5.86. The van der Waals surface area contributed by atoms with Crippen molar-refractivity contribution in [2.24, 2.45) is 13.0 Å². The van der Waals surface area contributed by atoms with Gasteiger partial charge in [-0.3, -0.25) is 4.90 Å². The molecule has 5 heteroatoms. The van der Waals surface area contributed by atoms with Crippen molar-refractivity contribution in [3.8, 4) is 0 Å². The van der Waals surface area contributed by atoms with Crippen LogP contribution in [0.25, 0.3) is 10.9 Å². The predicted octanol–water partition coefficient (Wildman–Crippen LogP) is 3.77. The van der Waals surface area contributed by atoms with Crippen molar-refractivity contribution < 1.29 is 0 Å². The van der Waals surface area contributed by atoms with Crippen LogP contribution < -0.4 is 5.32 Å². The van der Waals surface area contributed by atoms with Gasteiger partial charge in [0.05, 0.1) is 0 Å². The van der Waals surface area contributed by atoms with E-state index in [-0.39, 0.29) is 24.8 Å². The Hall–Kier alpha value is -0.740. The molecule has 0 amide bonds. The van der Waals surface area contributed by atoms with Crippen molar-refractivity contribution in [3.05, 3.63) is 36.0 Å². The van der Waals surface area contributed by atoms with E-state index in [0.29, 0.717) is 6.04 Å². The summed E-state index contributed by atoms with van der Waals surface area (Å²) in [6.07, 6.45) is 6.59. The summed E-state index contributed by atoms with van der Waals surface area (Å²) in [6, 6.07) is 9.47. The van der Waals surface area contributed by atoms with E-state index >= 15 is 0 Å². The molecule has 2 aromatic rings. The second-order valence-electron chi connectivity index (χ2n) is 6.69. The smallest absolute Gasteiger partial charge is 0.0481 e. The number of nitrogens with zero attached hydrogens (tertiary/aromatic N) is 2. The van der Waals surface area contributed by atoms with Crippen LogP contribution in [0, 0.1) is 5.92 Å². The van der Waals surface area contributed by atoms with E-state index in [9.17, 15) is 0 Å². The molecule has 128 valence electrons. The Bertz CT molecular complexity index is 630. The molecule has 1 atom stereocenters. The van der Waals surface area contributed by atoms with Crippen LogP contribution in [0.15, 0.2) is 30.5 Å². The summed E-state index contributed by atoms with van der Waals surface area (Å²) in [5, 5.41) is 4.93. The van der Waals surface area contributed by atoms with Crippen molar-refractivity contribution in [1.82, 2.24) is 14.8 Å². The number of hydrogen-bond acceptors (Lipinski definition) is 2. The lowest BCUT2D eigenvalue weighted by atomic mass is 9.98. The van der Waals surface area contributed by atoms with Gasteiger partial charge in [-0.25, -0.2) is 0 Å². The lowest BCUT2D eigenvalue weighted by molar-refractivity contribution is 0.161. The molecule has 3 nitrogen and oxygen atoms in total. The molecule has 2 aliphatic rings. The van der Waals surface area contributed by atoms with E-state index in [1.165, 1.54) is 43.3 Å². The third-order valence-electron chi connectivity index (χ3n) is 5.13. The summed E-state index contributed by atoms with van der Waals surface area (Å²) in [5.74, 6) is 0.962. The first kappa shape index (κ1) is 18.6. The van der Waals surface area contributed by atoms with Crippen LogP contribution in [0.1, 0.15) is 30.9 Å².